The fraction of sp³-hybridized carbons (Fsp3) is 0.750. The molecule has 0 radical (unpaired) electrons. The molecular formula is C8H13NO3S. The van der Waals surface area contributed by atoms with Crippen molar-refractivity contribution in [1.82, 2.24) is 5.32 Å². The molecule has 2 aliphatic heterocycles. The van der Waals surface area contributed by atoms with E-state index in [-0.39, 0.29) is 11.8 Å². The van der Waals surface area contributed by atoms with Crippen molar-refractivity contribution in [3.63, 3.8) is 0 Å². The molecule has 0 aromatic carbocycles. The Balaban J connectivity index is 1.87. The van der Waals surface area contributed by atoms with Crippen molar-refractivity contribution >= 4 is 9.84 Å². The Kier molecular flexibility index (Phi) is 2.40. The van der Waals surface area contributed by atoms with E-state index in [1.165, 1.54) is 5.41 Å². The van der Waals surface area contributed by atoms with Gasteiger partial charge in [-0.3, -0.25) is 0 Å². The van der Waals surface area contributed by atoms with Gasteiger partial charge < -0.3 is 10.1 Å². The van der Waals surface area contributed by atoms with Gasteiger partial charge in [0.2, 0.25) is 0 Å². The van der Waals surface area contributed by atoms with Crippen LogP contribution < -0.4 is 5.32 Å². The Labute approximate surface area is 77.9 Å². The number of sulfone groups is 1. The SMILES string of the molecule is O=S1(=O)C=CC(NC2CCOC2)C1. The molecule has 13 heavy (non-hydrogen) atoms. The number of hydrogen-bond donors (Lipinski definition) is 1. The summed E-state index contributed by atoms with van der Waals surface area (Å²) in [6.45, 7) is 1.48. The van der Waals surface area contributed by atoms with E-state index in [9.17, 15) is 8.42 Å². The number of ether oxygens (including phenoxy) is 1. The van der Waals surface area contributed by atoms with Crippen molar-refractivity contribution in [3.8, 4) is 0 Å². The maximum atomic E-state index is 11.1. The first-order chi connectivity index (χ1) is 6.16. The van der Waals surface area contributed by atoms with Gasteiger partial charge in [0.05, 0.1) is 12.4 Å². The summed E-state index contributed by atoms with van der Waals surface area (Å²) in [6.07, 6.45) is 2.69. The Hall–Kier alpha value is -0.390. The first-order valence-electron chi connectivity index (χ1n) is 4.40. The van der Waals surface area contributed by atoms with Crippen LogP contribution in [0.4, 0.5) is 0 Å². The minimum absolute atomic E-state index is 0.0169. The third kappa shape index (κ3) is 2.30. The lowest BCUT2D eigenvalue weighted by Crippen LogP contribution is -2.39. The summed E-state index contributed by atoms with van der Waals surface area (Å²) in [5.74, 6) is 0.198. The highest BCUT2D eigenvalue weighted by Crippen LogP contribution is 2.11. The predicted octanol–water partition coefficient (Wildman–Crippen LogP) is -0.324. The van der Waals surface area contributed by atoms with Crippen molar-refractivity contribution in [2.75, 3.05) is 19.0 Å². The maximum absolute atomic E-state index is 11.1. The van der Waals surface area contributed by atoms with Crippen molar-refractivity contribution < 1.29 is 13.2 Å². The topological polar surface area (TPSA) is 55.4 Å². The lowest BCUT2D eigenvalue weighted by molar-refractivity contribution is 0.189. The molecule has 0 aromatic heterocycles. The van der Waals surface area contributed by atoms with Gasteiger partial charge in [-0.2, -0.15) is 0 Å². The maximum Gasteiger partial charge on any atom is 0.173 e. The Bertz CT molecular complexity index is 303. The summed E-state index contributed by atoms with van der Waals surface area (Å²) >= 11 is 0. The van der Waals surface area contributed by atoms with Gasteiger partial charge in [-0.15, -0.1) is 0 Å². The molecule has 2 heterocycles. The molecule has 74 valence electrons. The zero-order valence-electron chi connectivity index (χ0n) is 7.27. The molecule has 1 saturated heterocycles. The fourth-order valence-electron chi connectivity index (χ4n) is 1.65. The average Bonchev–Trinajstić information content (AvgIpc) is 2.61. The normalized spacial score (nSPS) is 36.9. The third-order valence-electron chi connectivity index (χ3n) is 2.31. The quantitative estimate of drug-likeness (QED) is 0.668. The smallest absolute Gasteiger partial charge is 0.173 e. The van der Waals surface area contributed by atoms with Crippen LogP contribution in [0.2, 0.25) is 0 Å². The van der Waals surface area contributed by atoms with Crippen LogP contribution in [-0.2, 0) is 14.6 Å². The lowest BCUT2D eigenvalue weighted by Gasteiger charge is -2.14. The predicted molar refractivity (Wildman–Crippen MR) is 49.1 cm³/mol. The van der Waals surface area contributed by atoms with E-state index in [4.69, 9.17) is 4.74 Å². The standard InChI is InChI=1S/C8H13NO3S/c10-13(11)4-2-8(6-13)9-7-1-3-12-5-7/h2,4,7-9H,1,3,5-6H2. The molecule has 2 aliphatic rings. The molecule has 2 unspecified atom stereocenters. The van der Waals surface area contributed by atoms with E-state index >= 15 is 0 Å². The minimum Gasteiger partial charge on any atom is -0.380 e. The van der Waals surface area contributed by atoms with Crippen LogP contribution in [0.1, 0.15) is 6.42 Å². The second-order valence-electron chi connectivity index (χ2n) is 3.49. The van der Waals surface area contributed by atoms with Gasteiger partial charge in [-0.25, -0.2) is 8.42 Å². The van der Waals surface area contributed by atoms with Crippen molar-refractivity contribution in [1.29, 1.82) is 0 Å². The van der Waals surface area contributed by atoms with E-state index in [0.29, 0.717) is 12.6 Å². The van der Waals surface area contributed by atoms with E-state index in [2.05, 4.69) is 5.32 Å². The summed E-state index contributed by atoms with van der Waals surface area (Å²) in [5, 5.41) is 4.53. The van der Waals surface area contributed by atoms with E-state index in [1.807, 2.05) is 0 Å². The molecule has 0 bridgehead atoms. The van der Waals surface area contributed by atoms with Crippen molar-refractivity contribution in [2.45, 2.75) is 18.5 Å². The van der Waals surface area contributed by atoms with Gasteiger partial charge in [0.15, 0.2) is 9.84 Å². The summed E-state index contributed by atoms with van der Waals surface area (Å²) in [6, 6.07) is 0.305. The largest absolute Gasteiger partial charge is 0.380 e. The van der Waals surface area contributed by atoms with E-state index < -0.39 is 9.84 Å². The molecule has 0 aromatic rings. The van der Waals surface area contributed by atoms with Gasteiger partial charge in [0.1, 0.15) is 0 Å². The van der Waals surface area contributed by atoms with Gasteiger partial charge in [-0.05, 0) is 6.42 Å². The fourth-order valence-corrected chi connectivity index (χ4v) is 2.90. The highest BCUT2D eigenvalue weighted by atomic mass is 32.2. The van der Waals surface area contributed by atoms with Crippen LogP contribution in [0.25, 0.3) is 0 Å². The van der Waals surface area contributed by atoms with Gasteiger partial charge >= 0.3 is 0 Å². The first kappa shape index (κ1) is 9.18. The zero-order chi connectivity index (χ0) is 9.31. The number of rotatable bonds is 2. The van der Waals surface area contributed by atoms with Gasteiger partial charge in [0, 0.05) is 24.1 Å². The second-order valence-corrected chi connectivity index (χ2v) is 5.42. The minimum atomic E-state index is -2.92. The van der Waals surface area contributed by atoms with Crippen LogP contribution in [-0.4, -0.2) is 39.5 Å². The molecule has 0 spiro atoms. The Morgan fingerprint density at radius 1 is 1.46 bits per heavy atom. The highest BCUT2D eigenvalue weighted by Gasteiger charge is 2.25. The average molecular weight is 203 g/mol. The molecule has 2 rings (SSSR count). The molecule has 2 atom stereocenters. The molecule has 5 heteroatoms. The van der Waals surface area contributed by atoms with Crippen LogP contribution in [0.15, 0.2) is 11.5 Å². The molecule has 0 aliphatic carbocycles. The van der Waals surface area contributed by atoms with Crippen LogP contribution in [0, 0.1) is 0 Å². The zero-order valence-corrected chi connectivity index (χ0v) is 8.09. The molecule has 1 fully saturated rings. The molecule has 0 amide bonds. The summed E-state index contributed by atoms with van der Waals surface area (Å²) in [7, 11) is -2.92. The van der Waals surface area contributed by atoms with Crippen LogP contribution in [0.5, 0.6) is 0 Å². The first-order valence-corrected chi connectivity index (χ1v) is 6.12. The Morgan fingerprint density at radius 2 is 2.31 bits per heavy atom. The van der Waals surface area contributed by atoms with Crippen molar-refractivity contribution in [3.05, 3.63) is 11.5 Å². The second kappa shape index (κ2) is 3.40. The molecular weight excluding hydrogens is 190 g/mol. The monoisotopic (exact) mass is 203 g/mol. The molecule has 4 nitrogen and oxygen atoms in total. The summed E-state index contributed by atoms with van der Waals surface area (Å²) < 4.78 is 27.3. The van der Waals surface area contributed by atoms with Crippen LogP contribution >= 0.6 is 0 Å². The Morgan fingerprint density at radius 3 is 2.85 bits per heavy atom. The van der Waals surface area contributed by atoms with Gasteiger partial charge in [0.25, 0.3) is 0 Å². The molecule has 1 N–H and O–H groups in total. The van der Waals surface area contributed by atoms with Gasteiger partial charge in [-0.1, -0.05) is 6.08 Å². The lowest BCUT2D eigenvalue weighted by atomic mass is 10.2. The number of nitrogens with one attached hydrogen (secondary N) is 1. The number of hydrogen-bond acceptors (Lipinski definition) is 4. The summed E-state index contributed by atoms with van der Waals surface area (Å²) in [5.41, 5.74) is 0. The van der Waals surface area contributed by atoms with Crippen LogP contribution in [0.3, 0.4) is 0 Å². The third-order valence-corrected chi connectivity index (χ3v) is 3.71. The molecule has 0 saturated carbocycles. The highest BCUT2D eigenvalue weighted by molar-refractivity contribution is 7.94. The van der Waals surface area contributed by atoms with Crippen molar-refractivity contribution in [2.24, 2.45) is 0 Å². The summed E-state index contributed by atoms with van der Waals surface area (Å²) in [4.78, 5) is 0. The van der Waals surface area contributed by atoms with E-state index in [0.717, 1.165) is 13.0 Å². The van der Waals surface area contributed by atoms with E-state index in [1.54, 1.807) is 6.08 Å².